The minimum absolute atomic E-state index is 0.0475. The summed E-state index contributed by atoms with van der Waals surface area (Å²) in [6.07, 6.45) is 4.68. The van der Waals surface area contributed by atoms with Gasteiger partial charge in [-0.3, -0.25) is 4.79 Å². The first-order valence-corrected chi connectivity index (χ1v) is 9.13. The van der Waals surface area contributed by atoms with Gasteiger partial charge in [0.2, 0.25) is 0 Å². The second kappa shape index (κ2) is 3.09. The van der Waals surface area contributed by atoms with Crippen LogP contribution in [0.25, 0.3) is 0 Å². The Morgan fingerprint density at radius 3 is 2.71 bits per heavy atom. The summed E-state index contributed by atoms with van der Waals surface area (Å²) in [5.41, 5.74) is 0. The average molecular weight is 212 g/mol. The van der Waals surface area contributed by atoms with Gasteiger partial charge in [0.1, 0.15) is 0 Å². The highest BCUT2D eigenvalue weighted by Crippen LogP contribution is 2.55. The van der Waals surface area contributed by atoms with Crippen LogP contribution in [0.5, 0.6) is 0 Å². The summed E-state index contributed by atoms with van der Waals surface area (Å²) in [5, 5.41) is -0.0475. The molecule has 0 amide bonds. The van der Waals surface area contributed by atoms with Crippen molar-refractivity contribution in [3.63, 3.8) is 0 Å². The van der Waals surface area contributed by atoms with E-state index >= 15 is 0 Å². The number of ether oxygens (including phenoxy) is 1. The standard InChI is InChI=1S/C11H20O2Si/c1-14(2,3)11-6-4-5-9(7-11)8-13-10(11)12/h9H,4-8H2,1-3H3/t9-,11-/m1/s1. The smallest absolute Gasteiger partial charge is 0.309 e. The van der Waals surface area contributed by atoms with Crippen LogP contribution >= 0.6 is 0 Å². The third-order valence-electron chi connectivity index (χ3n) is 4.13. The predicted octanol–water partition coefficient (Wildman–Crippen LogP) is 2.81. The molecule has 0 N–H and O–H groups in total. The van der Waals surface area contributed by atoms with Crippen LogP contribution < -0.4 is 0 Å². The van der Waals surface area contributed by atoms with E-state index in [1.807, 2.05) is 0 Å². The molecule has 0 spiro atoms. The Morgan fingerprint density at radius 2 is 2.14 bits per heavy atom. The first kappa shape index (κ1) is 10.2. The van der Waals surface area contributed by atoms with Crippen LogP contribution in [0.4, 0.5) is 0 Å². The van der Waals surface area contributed by atoms with Crippen LogP contribution in [0.15, 0.2) is 0 Å². The number of carbonyl (C=O) groups excluding carboxylic acids is 1. The largest absolute Gasteiger partial charge is 0.465 e. The van der Waals surface area contributed by atoms with Crippen molar-refractivity contribution < 1.29 is 9.53 Å². The Morgan fingerprint density at radius 1 is 1.43 bits per heavy atom. The van der Waals surface area contributed by atoms with Gasteiger partial charge >= 0.3 is 5.97 Å². The number of hydrogen-bond acceptors (Lipinski definition) is 2. The second-order valence-electron chi connectivity index (χ2n) is 5.89. The van der Waals surface area contributed by atoms with Crippen molar-refractivity contribution in [2.75, 3.05) is 6.61 Å². The first-order chi connectivity index (χ1) is 6.46. The third kappa shape index (κ3) is 1.33. The molecule has 2 rings (SSSR count). The maximum Gasteiger partial charge on any atom is 0.309 e. The van der Waals surface area contributed by atoms with Gasteiger partial charge < -0.3 is 4.74 Å². The number of cyclic esters (lactones) is 1. The molecule has 2 aliphatic rings. The molecule has 0 aromatic carbocycles. The Kier molecular flexibility index (Phi) is 2.25. The topological polar surface area (TPSA) is 26.3 Å². The zero-order valence-corrected chi connectivity index (χ0v) is 10.4. The summed E-state index contributed by atoms with van der Waals surface area (Å²) in [6.45, 7) is 7.61. The fourth-order valence-corrected chi connectivity index (χ4v) is 5.55. The minimum atomic E-state index is -1.43. The van der Waals surface area contributed by atoms with Gasteiger partial charge in [-0.05, 0) is 25.2 Å². The molecule has 0 radical (unpaired) electrons. The van der Waals surface area contributed by atoms with E-state index in [-0.39, 0.29) is 11.0 Å². The fraction of sp³-hybridized carbons (Fsp3) is 0.909. The van der Waals surface area contributed by atoms with Crippen LogP contribution in [0.3, 0.4) is 0 Å². The summed E-state index contributed by atoms with van der Waals surface area (Å²) in [5.74, 6) is 0.779. The molecule has 1 aliphatic heterocycles. The van der Waals surface area contributed by atoms with E-state index < -0.39 is 8.07 Å². The zero-order chi connectivity index (χ0) is 10.4. The van der Waals surface area contributed by atoms with Crippen LogP contribution in [-0.2, 0) is 9.53 Å². The van der Waals surface area contributed by atoms with Gasteiger partial charge in [0, 0.05) is 0 Å². The van der Waals surface area contributed by atoms with Gasteiger partial charge in [-0.1, -0.05) is 26.1 Å². The molecule has 3 heteroatoms. The summed E-state index contributed by atoms with van der Waals surface area (Å²) >= 11 is 0. The lowest BCUT2D eigenvalue weighted by molar-refractivity contribution is -0.157. The van der Waals surface area contributed by atoms with E-state index in [2.05, 4.69) is 19.6 Å². The molecule has 2 nitrogen and oxygen atoms in total. The highest BCUT2D eigenvalue weighted by molar-refractivity contribution is 6.82. The average Bonchev–Trinajstić information content (AvgIpc) is 2.11. The van der Waals surface area contributed by atoms with Crippen LogP contribution in [0, 0.1) is 5.92 Å². The first-order valence-electron chi connectivity index (χ1n) is 5.63. The maximum atomic E-state index is 12.0. The van der Waals surface area contributed by atoms with Crippen molar-refractivity contribution in [3.05, 3.63) is 0 Å². The summed E-state index contributed by atoms with van der Waals surface area (Å²) in [7, 11) is -1.43. The predicted molar refractivity (Wildman–Crippen MR) is 59.0 cm³/mol. The molecule has 80 valence electrons. The molecular weight excluding hydrogens is 192 g/mol. The van der Waals surface area contributed by atoms with Gasteiger partial charge in [-0.25, -0.2) is 0 Å². The zero-order valence-electron chi connectivity index (χ0n) is 9.43. The van der Waals surface area contributed by atoms with Crippen molar-refractivity contribution in [1.29, 1.82) is 0 Å². The highest BCUT2D eigenvalue weighted by atomic mass is 28.3. The van der Waals surface area contributed by atoms with Crippen LogP contribution in [0.2, 0.25) is 24.7 Å². The number of carbonyl (C=O) groups is 1. The molecule has 0 aromatic heterocycles. The minimum Gasteiger partial charge on any atom is -0.465 e. The Bertz CT molecular complexity index is 257. The molecular formula is C11H20O2Si. The van der Waals surface area contributed by atoms with Crippen LogP contribution in [0.1, 0.15) is 25.7 Å². The van der Waals surface area contributed by atoms with E-state index in [1.165, 1.54) is 12.8 Å². The summed E-state index contributed by atoms with van der Waals surface area (Å²) in [6, 6.07) is 0. The monoisotopic (exact) mass is 212 g/mol. The maximum absolute atomic E-state index is 12.0. The van der Waals surface area contributed by atoms with E-state index in [1.54, 1.807) is 0 Å². The number of rotatable bonds is 1. The van der Waals surface area contributed by atoms with Gasteiger partial charge in [-0.2, -0.15) is 0 Å². The van der Waals surface area contributed by atoms with Crippen molar-refractivity contribution >= 4 is 14.0 Å². The number of fused-ring (bicyclic) bond motifs is 2. The third-order valence-corrected chi connectivity index (χ3v) is 7.66. The van der Waals surface area contributed by atoms with Gasteiger partial charge in [0.15, 0.2) is 0 Å². The van der Waals surface area contributed by atoms with Gasteiger partial charge in [0.05, 0.1) is 19.7 Å². The van der Waals surface area contributed by atoms with E-state index in [9.17, 15) is 4.79 Å². The Hall–Kier alpha value is -0.313. The van der Waals surface area contributed by atoms with Crippen molar-refractivity contribution in [2.24, 2.45) is 5.92 Å². The molecule has 2 atom stereocenters. The molecule has 14 heavy (non-hydrogen) atoms. The molecule has 1 heterocycles. The van der Waals surface area contributed by atoms with E-state index in [0.29, 0.717) is 12.5 Å². The summed E-state index contributed by atoms with van der Waals surface area (Å²) < 4.78 is 5.37. The molecule has 0 aromatic rings. The molecule has 1 saturated heterocycles. The number of hydrogen-bond donors (Lipinski definition) is 0. The van der Waals surface area contributed by atoms with E-state index in [0.717, 1.165) is 12.8 Å². The lowest BCUT2D eigenvalue weighted by Gasteiger charge is -2.49. The molecule has 2 fully saturated rings. The van der Waals surface area contributed by atoms with Crippen LogP contribution in [-0.4, -0.2) is 20.7 Å². The molecule has 1 aliphatic carbocycles. The lowest BCUT2D eigenvalue weighted by atomic mass is 9.79. The molecule has 2 bridgehead atoms. The Labute approximate surface area is 87.0 Å². The van der Waals surface area contributed by atoms with Crippen molar-refractivity contribution in [1.82, 2.24) is 0 Å². The van der Waals surface area contributed by atoms with Gasteiger partial charge in [0.25, 0.3) is 0 Å². The van der Waals surface area contributed by atoms with Crippen molar-refractivity contribution in [2.45, 2.75) is 50.4 Å². The SMILES string of the molecule is C[Si](C)(C)[C@@]12CCC[C@@H](COC1=O)C2. The molecule has 0 unspecified atom stereocenters. The lowest BCUT2D eigenvalue weighted by Crippen LogP contribution is -2.52. The van der Waals surface area contributed by atoms with Crippen molar-refractivity contribution in [3.8, 4) is 0 Å². The highest BCUT2D eigenvalue weighted by Gasteiger charge is 2.55. The normalized spacial score (nSPS) is 37.9. The second-order valence-corrected chi connectivity index (χ2v) is 11.4. The van der Waals surface area contributed by atoms with E-state index in [4.69, 9.17) is 4.74 Å². The summed E-state index contributed by atoms with van der Waals surface area (Å²) in [4.78, 5) is 12.0. The molecule has 1 saturated carbocycles. The number of esters is 1. The Balaban J connectivity index is 2.33. The van der Waals surface area contributed by atoms with Gasteiger partial charge in [-0.15, -0.1) is 0 Å². The quantitative estimate of drug-likeness (QED) is 0.493. The fourth-order valence-electron chi connectivity index (χ4n) is 3.04.